The van der Waals surface area contributed by atoms with Crippen molar-refractivity contribution >= 4 is 23.2 Å². The van der Waals surface area contributed by atoms with Gasteiger partial charge in [0.05, 0.1) is 0 Å². The van der Waals surface area contributed by atoms with Crippen molar-refractivity contribution in [2.75, 3.05) is 5.32 Å². The van der Waals surface area contributed by atoms with E-state index in [1.165, 1.54) is 18.7 Å². The van der Waals surface area contributed by atoms with Crippen molar-refractivity contribution in [2.24, 2.45) is 0 Å². The van der Waals surface area contributed by atoms with E-state index in [9.17, 15) is 13.6 Å². The van der Waals surface area contributed by atoms with Gasteiger partial charge in [0.25, 0.3) is 5.56 Å². The minimum absolute atomic E-state index is 0.0439. The molecule has 30 heavy (non-hydrogen) atoms. The second-order valence-electron chi connectivity index (χ2n) is 6.82. The van der Waals surface area contributed by atoms with E-state index >= 15 is 0 Å². The molecule has 154 valence electrons. The van der Waals surface area contributed by atoms with Crippen LogP contribution in [0.15, 0.2) is 63.6 Å². The molecule has 4 rings (SSSR count). The Labute approximate surface area is 174 Å². The van der Waals surface area contributed by atoms with Gasteiger partial charge in [-0.1, -0.05) is 17.7 Å². The smallest absolute Gasteiger partial charge is 0.293 e. The second-order valence-corrected chi connectivity index (χ2v) is 7.23. The Bertz CT molecular complexity index is 1200. The van der Waals surface area contributed by atoms with E-state index in [0.29, 0.717) is 22.7 Å². The fourth-order valence-corrected chi connectivity index (χ4v) is 3.27. The lowest BCUT2D eigenvalue weighted by atomic mass is 10.0. The van der Waals surface area contributed by atoms with Crippen LogP contribution in [0.25, 0.3) is 11.5 Å². The average Bonchev–Trinajstić information content (AvgIpc) is 3.21. The van der Waals surface area contributed by atoms with Crippen LogP contribution in [0.1, 0.15) is 12.0 Å². The number of nitrogens with one attached hydrogen (secondary N) is 1. The minimum atomic E-state index is -1.41. The van der Waals surface area contributed by atoms with Crippen LogP contribution in [-0.2, 0) is 6.54 Å². The van der Waals surface area contributed by atoms with Crippen molar-refractivity contribution in [3.63, 3.8) is 0 Å². The molecule has 7 nitrogen and oxygen atoms in total. The molecule has 10 heteroatoms. The first kappa shape index (κ1) is 20.0. The minimum Gasteiger partial charge on any atom is -0.423 e. The molecule has 0 aliphatic heterocycles. The monoisotopic (exact) mass is 431 g/mol. The third-order valence-electron chi connectivity index (χ3n) is 4.56. The number of hydrogen-bond donors (Lipinski definition) is 1. The van der Waals surface area contributed by atoms with Crippen molar-refractivity contribution < 1.29 is 13.2 Å². The van der Waals surface area contributed by atoms with Gasteiger partial charge in [-0.05, 0) is 42.3 Å². The molecule has 3 aromatic rings. The molecule has 2 aromatic heterocycles. The summed E-state index contributed by atoms with van der Waals surface area (Å²) in [5.74, 6) is -0.119. The van der Waals surface area contributed by atoms with Crippen LogP contribution in [-0.4, -0.2) is 25.9 Å². The first-order valence-corrected chi connectivity index (χ1v) is 9.39. The quantitative estimate of drug-likeness (QED) is 0.639. The summed E-state index contributed by atoms with van der Waals surface area (Å²) >= 11 is 5.96. The van der Waals surface area contributed by atoms with Crippen LogP contribution in [0.3, 0.4) is 0 Å². The van der Waals surface area contributed by atoms with Crippen LogP contribution >= 0.6 is 11.6 Å². The summed E-state index contributed by atoms with van der Waals surface area (Å²) in [6, 6.07) is 5.44. The maximum atomic E-state index is 13.7. The highest BCUT2D eigenvalue weighted by Gasteiger charge is 2.17. The van der Waals surface area contributed by atoms with Gasteiger partial charge in [-0.25, -0.2) is 8.78 Å². The van der Waals surface area contributed by atoms with E-state index in [-0.39, 0.29) is 23.9 Å². The van der Waals surface area contributed by atoms with E-state index in [2.05, 4.69) is 20.5 Å². The predicted octanol–water partition coefficient (Wildman–Crippen LogP) is 4.52. The molecule has 0 spiro atoms. The molecule has 1 aliphatic rings. The van der Waals surface area contributed by atoms with E-state index in [1.54, 1.807) is 10.6 Å². The summed E-state index contributed by atoms with van der Waals surface area (Å²) in [5.41, 5.74) is 2.06. The molecule has 0 bridgehead atoms. The Kier molecular flexibility index (Phi) is 5.45. The van der Waals surface area contributed by atoms with Gasteiger partial charge in [0.2, 0.25) is 18.2 Å². The predicted molar refractivity (Wildman–Crippen MR) is 108 cm³/mol. The van der Waals surface area contributed by atoms with Gasteiger partial charge in [-0.3, -0.25) is 4.79 Å². The second kappa shape index (κ2) is 8.19. The van der Waals surface area contributed by atoms with Gasteiger partial charge in [-0.15, -0.1) is 10.2 Å². The number of aromatic nitrogens is 4. The number of alkyl halides is 1. The molecular weight excluding hydrogens is 416 g/mol. The molecule has 1 atom stereocenters. The van der Waals surface area contributed by atoms with Crippen LogP contribution in [0.2, 0.25) is 5.02 Å². The number of nitrogens with zero attached hydrogens (tertiary/aromatic N) is 4. The van der Waals surface area contributed by atoms with Crippen LogP contribution < -0.4 is 10.9 Å². The van der Waals surface area contributed by atoms with Crippen LogP contribution in [0.5, 0.6) is 0 Å². The number of hydrogen-bond acceptors (Lipinski definition) is 6. The highest BCUT2D eigenvalue weighted by atomic mass is 35.5. The fourth-order valence-electron chi connectivity index (χ4n) is 3.11. The lowest BCUT2D eigenvalue weighted by molar-refractivity contribution is 0.380. The van der Waals surface area contributed by atoms with E-state index in [4.69, 9.17) is 16.0 Å². The summed E-state index contributed by atoms with van der Waals surface area (Å²) in [4.78, 5) is 16.0. The number of aryl methyl sites for hydroxylation is 1. The standard InChI is InChI=1S/C20H16ClF2N5O2/c1-11-2-3-13(19-27-24-10-30-19)6-17(11)25-20-26-18(29)16(21)9-28(20)8-12-4-14(22)7-15(23)5-12/h2-4,6-7,9-10,15H,5,8H2,1H3,(H,25,26,29). The van der Waals surface area contributed by atoms with E-state index < -0.39 is 17.6 Å². The maximum absolute atomic E-state index is 13.7. The third kappa shape index (κ3) is 4.30. The molecule has 1 aromatic carbocycles. The number of rotatable bonds is 5. The van der Waals surface area contributed by atoms with E-state index in [1.807, 2.05) is 19.1 Å². The molecule has 0 saturated heterocycles. The molecule has 1 N–H and O–H groups in total. The molecular formula is C20H16ClF2N5O2. The summed E-state index contributed by atoms with van der Waals surface area (Å²) in [7, 11) is 0. The topological polar surface area (TPSA) is 85.8 Å². The lowest BCUT2D eigenvalue weighted by Gasteiger charge is -2.19. The number of halogens is 3. The SMILES string of the molecule is Cc1ccc(-c2nnco2)cc1Nc1nc(=O)c(Cl)cn1CC1=CC(F)=CC(F)C1. The molecule has 0 saturated carbocycles. The molecule has 1 aliphatic carbocycles. The number of allylic oxidation sites excluding steroid dienone is 4. The van der Waals surface area contributed by atoms with Crippen LogP contribution in [0, 0.1) is 6.92 Å². The Morgan fingerprint density at radius 1 is 1.40 bits per heavy atom. The zero-order valence-electron chi connectivity index (χ0n) is 15.8. The van der Waals surface area contributed by atoms with Gasteiger partial charge in [0.15, 0.2) is 0 Å². The normalized spacial score (nSPS) is 16.2. The van der Waals surface area contributed by atoms with Crippen molar-refractivity contribution in [1.29, 1.82) is 0 Å². The molecule has 0 amide bonds. The molecule has 2 heterocycles. The Hall–Kier alpha value is -3.33. The zero-order valence-corrected chi connectivity index (χ0v) is 16.5. The number of anilines is 2. The molecule has 0 radical (unpaired) electrons. The zero-order chi connectivity index (χ0) is 21.3. The van der Waals surface area contributed by atoms with Crippen LogP contribution in [0.4, 0.5) is 20.4 Å². The summed E-state index contributed by atoms with van der Waals surface area (Å²) in [6.45, 7) is 1.98. The van der Waals surface area contributed by atoms with Crippen molar-refractivity contribution in [3.05, 3.63) is 75.3 Å². The fraction of sp³-hybridized carbons (Fsp3) is 0.200. The third-order valence-corrected chi connectivity index (χ3v) is 4.82. The van der Waals surface area contributed by atoms with E-state index in [0.717, 1.165) is 11.6 Å². The van der Waals surface area contributed by atoms with Gasteiger partial charge in [0.1, 0.15) is 17.0 Å². The van der Waals surface area contributed by atoms with Gasteiger partial charge in [0, 0.05) is 30.4 Å². The first-order valence-electron chi connectivity index (χ1n) is 9.01. The first-order chi connectivity index (χ1) is 14.4. The van der Waals surface area contributed by atoms with Crippen molar-refractivity contribution in [1.82, 2.24) is 19.7 Å². The molecule has 0 fully saturated rings. The average molecular weight is 432 g/mol. The highest BCUT2D eigenvalue weighted by molar-refractivity contribution is 6.30. The highest BCUT2D eigenvalue weighted by Crippen LogP contribution is 2.27. The summed E-state index contributed by atoms with van der Waals surface area (Å²) in [5, 5.41) is 10.5. The Balaban J connectivity index is 1.70. The van der Waals surface area contributed by atoms with Gasteiger partial charge in [-0.2, -0.15) is 4.98 Å². The van der Waals surface area contributed by atoms with Crippen molar-refractivity contribution in [3.8, 4) is 11.5 Å². The maximum Gasteiger partial charge on any atom is 0.293 e. The Morgan fingerprint density at radius 2 is 2.23 bits per heavy atom. The number of benzene rings is 1. The van der Waals surface area contributed by atoms with Gasteiger partial charge >= 0.3 is 0 Å². The summed E-state index contributed by atoms with van der Waals surface area (Å²) in [6.07, 6.45) is 3.45. The molecule has 1 unspecified atom stereocenters. The largest absolute Gasteiger partial charge is 0.423 e. The summed E-state index contributed by atoms with van der Waals surface area (Å²) < 4.78 is 34.1. The van der Waals surface area contributed by atoms with Crippen molar-refractivity contribution in [2.45, 2.75) is 26.1 Å². The lowest BCUT2D eigenvalue weighted by Crippen LogP contribution is -2.19. The van der Waals surface area contributed by atoms with Gasteiger partial charge < -0.3 is 14.3 Å². The Morgan fingerprint density at radius 3 is 2.97 bits per heavy atom.